The lowest BCUT2D eigenvalue weighted by atomic mass is 10.2. The van der Waals surface area contributed by atoms with E-state index in [0.29, 0.717) is 36.0 Å². The lowest BCUT2D eigenvalue weighted by Gasteiger charge is -2.15. The monoisotopic (exact) mass is 286 g/mol. The van der Waals surface area contributed by atoms with E-state index in [2.05, 4.69) is 5.32 Å². The first kappa shape index (κ1) is 15.8. The van der Waals surface area contributed by atoms with Crippen molar-refractivity contribution in [1.82, 2.24) is 4.90 Å². The van der Waals surface area contributed by atoms with Crippen LogP contribution < -0.4 is 10.1 Å². The van der Waals surface area contributed by atoms with Crippen molar-refractivity contribution in [2.45, 2.75) is 6.42 Å². The third-order valence-electron chi connectivity index (χ3n) is 2.64. The zero-order chi connectivity index (χ0) is 14.3. The molecule has 0 bridgehead atoms. The Bertz CT molecular complexity index is 426. The third-order valence-corrected chi connectivity index (χ3v) is 2.87. The molecular formula is C13H19ClN2O3. The van der Waals surface area contributed by atoms with Crippen LogP contribution >= 0.6 is 11.6 Å². The van der Waals surface area contributed by atoms with Gasteiger partial charge in [0.15, 0.2) is 0 Å². The average molecular weight is 287 g/mol. The minimum atomic E-state index is -0.120. The van der Waals surface area contributed by atoms with Crippen molar-refractivity contribution in [3.05, 3.63) is 23.2 Å². The molecule has 5 nitrogen and oxygen atoms in total. The van der Waals surface area contributed by atoms with E-state index in [1.165, 1.54) is 7.11 Å². The summed E-state index contributed by atoms with van der Waals surface area (Å²) in [6, 6.07) is 5.05. The molecule has 0 fully saturated rings. The number of aliphatic hydroxyl groups excluding tert-OH is 1. The molecule has 1 aromatic carbocycles. The fourth-order valence-corrected chi connectivity index (χ4v) is 1.74. The van der Waals surface area contributed by atoms with Gasteiger partial charge in [0.25, 0.3) is 0 Å². The number of benzene rings is 1. The molecule has 0 spiro atoms. The van der Waals surface area contributed by atoms with Crippen LogP contribution in [0.15, 0.2) is 18.2 Å². The van der Waals surface area contributed by atoms with Crippen molar-refractivity contribution in [3.8, 4) is 5.75 Å². The highest BCUT2D eigenvalue weighted by Gasteiger charge is 2.09. The van der Waals surface area contributed by atoms with Gasteiger partial charge in [0.2, 0.25) is 5.91 Å². The zero-order valence-corrected chi connectivity index (χ0v) is 11.9. The van der Waals surface area contributed by atoms with Crippen LogP contribution in [-0.2, 0) is 4.79 Å². The molecule has 0 aliphatic rings. The van der Waals surface area contributed by atoms with Gasteiger partial charge in [-0.25, -0.2) is 0 Å². The number of amides is 1. The Balaban J connectivity index is 2.54. The summed E-state index contributed by atoms with van der Waals surface area (Å²) in [5, 5.41) is 12.1. The summed E-state index contributed by atoms with van der Waals surface area (Å²) in [6.07, 6.45) is 0.339. The van der Waals surface area contributed by atoms with E-state index in [1.54, 1.807) is 18.2 Å². The molecule has 0 heterocycles. The van der Waals surface area contributed by atoms with E-state index < -0.39 is 0 Å². The Morgan fingerprint density at radius 1 is 1.47 bits per heavy atom. The summed E-state index contributed by atoms with van der Waals surface area (Å²) < 4.78 is 5.15. The maximum atomic E-state index is 11.8. The highest BCUT2D eigenvalue weighted by Crippen LogP contribution is 2.27. The third kappa shape index (κ3) is 5.46. The second-order valence-corrected chi connectivity index (χ2v) is 4.61. The van der Waals surface area contributed by atoms with Gasteiger partial charge in [-0.1, -0.05) is 11.6 Å². The Morgan fingerprint density at radius 2 is 2.21 bits per heavy atom. The van der Waals surface area contributed by atoms with Crippen molar-refractivity contribution < 1.29 is 14.6 Å². The molecule has 0 aliphatic heterocycles. The topological polar surface area (TPSA) is 61.8 Å². The van der Waals surface area contributed by atoms with Gasteiger partial charge in [0.05, 0.1) is 19.4 Å². The summed E-state index contributed by atoms with van der Waals surface area (Å²) >= 11 is 5.88. The van der Waals surface area contributed by atoms with E-state index in [9.17, 15) is 4.79 Å². The van der Waals surface area contributed by atoms with Crippen molar-refractivity contribution in [2.75, 3.05) is 39.2 Å². The zero-order valence-electron chi connectivity index (χ0n) is 11.1. The van der Waals surface area contributed by atoms with Crippen LogP contribution in [0.1, 0.15) is 6.42 Å². The molecule has 19 heavy (non-hydrogen) atoms. The van der Waals surface area contributed by atoms with Crippen LogP contribution in [0.2, 0.25) is 5.02 Å². The number of nitrogens with zero attached hydrogens (tertiary/aromatic N) is 1. The molecule has 1 amide bonds. The molecule has 2 N–H and O–H groups in total. The average Bonchev–Trinajstić information content (AvgIpc) is 2.37. The number of carbonyl (C=O) groups excluding carboxylic acids is 1. The van der Waals surface area contributed by atoms with Crippen molar-refractivity contribution in [1.29, 1.82) is 0 Å². The van der Waals surface area contributed by atoms with Gasteiger partial charge >= 0.3 is 0 Å². The standard InChI is InChI=1S/C13H19ClN2O3/c1-16(7-8-17)6-5-13(18)15-11-9-10(14)3-4-12(11)19-2/h3-4,9,17H,5-8H2,1-2H3,(H,15,18). The van der Waals surface area contributed by atoms with E-state index in [0.717, 1.165) is 0 Å². The first-order valence-corrected chi connectivity index (χ1v) is 6.37. The van der Waals surface area contributed by atoms with E-state index in [4.69, 9.17) is 21.4 Å². The highest BCUT2D eigenvalue weighted by molar-refractivity contribution is 6.31. The van der Waals surface area contributed by atoms with Gasteiger partial charge in [0, 0.05) is 24.5 Å². The number of ether oxygens (including phenoxy) is 1. The number of rotatable bonds is 7. The lowest BCUT2D eigenvalue weighted by molar-refractivity contribution is -0.116. The number of carbonyl (C=O) groups is 1. The number of nitrogens with one attached hydrogen (secondary N) is 1. The van der Waals surface area contributed by atoms with Crippen LogP contribution in [-0.4, -0.2) is 49.8 Å². The van der Waals surface area contributed by atoms with Gasteiger partial charge in [-0.3, -0.25) is 4.79 Å². The minimum absolute atomic E-state index is 0.0836. The van der Waals surface area contributed by atoms with Crippen molar-refractivity contribution in [3.63, 3.8) is 0 Å². The van der Waals surface area contributed by atoms with Crippen LogP contribution in [0.5, 0.6) is 5.75 Å². The molecular weight excluding hydrogens is 268 g/mol. The molecule has 6 heteroatoms. The van der Waals surface area contributed by atoms with Gasteiger partial charge in [-0.2, -0.15) is 0 Å². The van der Waals surface area contributed by atoms with Gasteiger partial charge < -0.3 is 20.1 Å². The summed E-state index contributed by atoms with van der Waals surface area (Å²) in [5.41, 5.74) is 0.560. The van der Waals surface area contributed by atoms with Gasteiger partial charge in [-0.05, 0) is 25.2 Å². The maximum Gasteiger partial charge on any atom is 0.225 e. The highest BCUT2D eigenvalue weighted by atomic mass is 35.5. The molecule has 0 atom stereocenters. The lowest BCUT2D eigenvalue weighted by Crippen LogP contribution is -2.26. The molecule has 0 aromatic heterocycles. The van der Waals surface area contributed by atoms with E-state index in [-0.39, 0.29) is 12.5 Å². The number of methoxy groups -OCH3 is 1. The molecule has 0 saturated heterocycles. The van der Waals surface area contributed by atoms with Gasteiger partial charge in [-0.15, -0.1) is 0 Å². The van der Waals surface area contributed by atoms with Crippen LogP contribution in [0.3, 0.4) is 0 Å². The van der Waals surface area contributed by atoms with Crippen molar-refractivity contribution >= 4 is 23.2 Å². The predicted molar refractivity (Wildman–Crippen MR) is 75.8 cm³/mol. The molecule has 0 radical (unpaired) electrons. The first-order valence-electron chi connectivity index (χ1n) is 5.99. The second kappa shape index (κ2) is 7.99. The largest absolute Gasteiger partial charge is 0.495 e. The summed E-state index contributed by atoms with van der Waals surface area (Å²) in [4.78, 5) is 13.7. The SMILES string of the molecule is COc1ccc(Cl)cc1NC(=O)CCN(C)CCO. The van der Waals surface area contributed by atoms with Crippen LogP contribution in [0.4, 0.5) is 5.69 Å². The Morgan fingerprint density at radius 3 is 2.84 bits per heavy atom. The molecule has 1 rings (SSSR count). The Hall–Kier alpha value is -1.30. The Labute approximate surface area is 118 Å². The second-order valence-electron chi connectivity index (χ2n) is 4.17. The molecule has 1 aromatic rings. The van der Waals surface area contributed by atoms with E-state index >= 15 is 0 Å². The number of anilines is 1. The number of hydrogen-bond acceptors (Lipinski definition) is 4. The van der Waals surface area contributed by atoms with Crippen molar-refractivity contribution in [2.24, 2.45) is 0 Å². The normalized spacial score (nSPS) is 10.6. The smallest absolute Gasteiger partial charge is 0.225 e. The number of aliphatic hydroxyl groups is 1. The van der Waals surface area contributed by atoms with E-state index in [1.807, 2.05) is 11.9 Å². The number of hydrogen-bond donors (Lipinski definition) is 2. The predicted octanol–water partition coefficient (Wildman–Crippen LogP) is 1.60. The van der Waals surface area contributed by atoms with Crippen LogP contribution in [0, 0.1) is 0 Å². The molecule has 0 aliphatic carbocycles. The summed E-state index contributed by atoms with van der Waals surface area (Å²) in [6.45, 7) is 1.21. The fraction of sp³-hybridized carbons (Fsp3) is 0.462. The van der Waals surface area contributed by atoms with Crippen LogP contribution in [0.25, 0.3) is 0 Å². The fourth-order valence-electron chi connectivity index (χ4n) is 1.57. The maximum absolute atomic E-state index is 11.8. The van der Waals surface area contributed by atoms with Gasteiger partial charge in [0.1, 0.15) is 5.75 Å². The summed E-state index contributed by atoms with van der Waals surface area (Å²) in [5.74, 6) is 0.451. The molecule has 106 valence electrons. The number of likely N-dealkylation sites (N-methyl/N-ethyl adjacent to an activating group) is 1. The quantitative estimate of drug-likeness (QED) is 0.799. The molecule has 0 saturated carbocycles. The number of halogens is 1. The first-order chi connectivity index (χ1) is 9.06. The molecule has 0 unspecified atom stereocenters. The summed E-state index contributed by atoms with van der Waals surface area (Å²) in [7, 11) is 3.39. The Kier molecular flexibility index (Phi) is 6.62. The minimum Gasteiger partial charge on any atom is -0.495 e.